The van der Waals surface area contributed by atoms with Crippen molar-refractivity contribution < 1.29 is 9.47 Å². The molecule has 3 rings (SSSR count). The van der Waals surface area contributed by atoms with Gasteiger partial charge in [0.25, 0.3) is 0 Å². The van der Waals surface area contributed by atoms with Gasteiger partial charge in [-0.1, -0.05) is 48.0 Å². The van der Waals surface area contributed by atoms with Crippen molar-refractivity contribution in [3.63, 3.8) is 0 Å². The van der Waals surface area contributed by atoms with Crippen LogP contribution in [0.15, 0.2) is 60.7 Å². The molecule has 1 N–H and O–H groups in total. The third-order valence-corrected chi connectivity index (χ3v) is 5.30. The minimum atomic E-state index is 0.525. The van der Waals surface area contributed by atoms with E-state index in [-0.39, 0.29) is 0 Å². The van der Waals surface area contributed by atoms with Gasteiger partial charge in [-0.3, -0.25) is 0 Å². The third kappa shape index (κ3) is 5.41. The first-order valence-corrected chi connectivity index (χ1v) is 10.6. The summed E-state index contributed by atoms with van der Waals surface area (Å²) in [5.41, 5.74) is 5.95. The number of benzene rings is 3. The molecule has 0 aliphatic rings. The summed E-state index contributed by atoms with van der Waals surface area (Å²) >= 11 is 2.33. The van der Waals surface area contributed by atoms with E-state index in [2.05, 4.69) is 96.4 Å². The number of aryl methyl sites for hydroxylation is 2. The Morgan fingerprint density at radius 2 is 1.64 bits per heavy atom. The van der Waals surface area contributed by atoms with Gasteiger partial charge in [0.2, 0.25) is 0 Å². The second-order valence-corrected chi connectivity index (χ2v) is 7.94. The minimum Gasteiger partial charge on any atom is -0.490 e. The van der Waals surface area contributed by atoms with Crippen molar-refractivity contribution >= 4 is 28.3 Å². The fourth-order valence-electron chi connectivity index (χ4n) is 2.93. The van der Waals surface area contributed by atoms with Crippen LogP contribution in [0.4, 0.5) is 5.69 Å². The fourth-order valence-corrected chi connectivity index (χ4v) is 3.76. The van der Waals surface area contributed by atoms with Crippen LogP contribution in [0.25, 0.3) is 0 Å². The summed E-state index contributed by atoms with van der Waals surface area (Å²) in [6.07, 6.45) is 0. The maximum absolute atomic E-state index is 6.13. The molecular weight excluding hydrogens is 461 g/mol. The van der Waals surface area contributed by atoms with Gasteiger partial charge in [0.05, 0.1) is 10.2 Å². The second-order valence-electron chi connectivity index (χ2n) is 6.78. The van der Waals surface area contributed by atoms with Gasteiger partial charge in [0, 0.05) is 12.2 Å². The average Bonchev–Trinajstić information content (AvgIpc) is 2.68. The second kappa shape index (κ2) is 9.82. The van der Waals surface area contributed by atoms with Crippen molar-refractivity contribution in [3.05, 3.63) is 86.5 Å². The Hall–Kier alpha value is -2.21. The Morgan fingerprint density at radius 1 is 0.893 bits per heavy atom. The van der Waals surface area contributed by atoms with Crippen molar-refractivity contribution in [2.45, 2.75) is 33.9 Å². The maximum Gasteiger partial charge on any atom is 0.174 e. The molecule has 0 spiro atoms. The Kier molecular flexibility index (Phi) is 7.20. The summed E-state index contributed by atoms with van der Waals surface area (Å²) in [4.78, 5) is 0. The molecule has 28 heavy (non-hydrogen) atoms. The molecule has 0 atom stereocenters. The van der Waals surface area contributed by atoms with Crippen LogP contribution < -0.4 is 14.8 Å². The number of halogens is 1. The van der Waals surface area contributed by atoms with E-state index in [1.807, 2.05) is 13.0 Å². The normalized spacial score (nSPS) is 10.6. The highest BCUT2D eigenvalue weighted by Gasteiger charge is 2.13. The fraction of sp³-hybridized carbons (Fsp3) is 0.250. The molecule has 0 heterocycles. The van der Waals surface area contributed by atoms with Crippen molar-refractivity contribution in [2.75, 3.05) is 11.9 Å². The van der Waals surface area contributed by atoms with Gasteiger partial charge in [-0.15, -0.1) is 0 Å². The van der Waals surface area contributed by atoms with Crippen molar-refractivity contribution in [1.82, 2.24) is 0 Å². The Bertz CT molecular complexity index is 922. The Morgan fingerprint density at radius 3 is 2.36 bits per heavy atom. The van der Waals surface area contributed by atoms with Crippen molar-refractivity contribution in [1.29, 1.82) is 0 Å². The number of hydrogen-bond acceptors (Lipinski definition) is 3. The van der Waals surface area contributed by atoms with Gasteiger partial charge >= 0.3 is 0 Å². The molecular formula is C24H26INO2. The lowest BCUT2D eigenvalue weighted by Crippen LogP contribution is -2.05. The first kappa shape index (κ1) is 20.5. The highest BCUT2D eigenvalue weighted by Crippen LogP contribution is 2.35. The first-order valence-electron chi connectivity index (χ1n) is 9.50. The van der Waals surface area contributed by atoms with Crippen LogP contribution in [0, 0.1) is 17.4 Å². The number of rotatable bonds is 8. The summed E-state index contributed by atoms with van der Waals surface area (Å²) in [5, 5.41) is 3.51. The number of para-hydroxylation sites is 1. The molecule has 4 heteroatoms. The summed E-state index contributed by atoms with van der Waals surface area (Å²) in [5.74, 6) is 1.60. The molecule has 0 aliphatic carbocycles. The molecule has 0 radical (unpaired) electrons. The molecule has 0 amide bonds. The van der Waals surface area contributed by atoms with Gasteiger partial charge in [-0.25, -0.2) is 0 Å². The van der Waals surface area contributed by atoms with Crippen LogP contribution in [-0.2, 0) is 13.2 Å². The quantitative estimate of drug-likeness (QED) is 0.368. The van der Waals surface area contributed by atoms with E-state index in [1.54, 1.807) is 0 Å². The molecule has 0 unspecified atom stereocenters. The van der Waals surface area contributed by atoms with Crippen LogP contribution in [0.1, 0.15) is 29.2 Å². The number of ether oxygens (including phenoxy) is 2. The Balaban J connectivity index is 1.75. The van der Waals surface area contributed by atoms with E-state index >= 15 is 0 Å². The van der Waals surface area contributed by atoms with Crippen molar-refractivity contribution in [2.24, 2.45) is 0 Å². The minimum absolute atomic E-state index is 0.525. The van der Waals surface area contributed by atoms with Crippen LogP contribution in [0.3, 0.4) is 0 Å². The molecule has 0 fully saturated rings. The van der Waals surface area contributed by atoms with E-state index in [9.17, 15) is 0 Å². The standard InChI is InChI=1S/C24H26INO2/c1-4-27-23-14-20(15-26-22-8-6-5-7-18(22)3)13-21(25)24(23)28-16-19-11-9-17(2)10-12-19/h5-14,26H,4,15-16H2,1-3H3. The monoisotopic (exact) mass is 487 g/mol. The third-order valence-electron chi connectivity index (χ3n) is 4.50. The highest BCUT2D eigenvalue weighted by atomic mass is 127. The lowest BCUT2D eigenvalue weighted by Gasteiger charge is -2.16. The largest absolute Gasteiger partial charge is 0.490 e. The van der Waals surface area contributed by atoms with Gasteiger partial charge in [0.1, 0.15) is 6.61 Å². The predicted molar refractivity (Wildman–Crippen MR) is 124 cm³/mol. The molecule has 0 saturated heterocycles. The van der Waals surface area contributed by atoms with Gasteiger partial charge in [-0.05, 0) is 78.3 Å². The van der Waals surface area contributed by atoms with E-state index in [1.165, 1.54) is 16.7 Å². The van der Waals surface area contributed by atoms with Crippen molar-refractivity contribution in [3.8, 4) is 11.5 Å². The number of anilines is 1. The average molecular weight is 487 g/mol. The molecule has 0 bridgehead atoms. The predicted octanol–water partition coefficient (Wildman–Crippen LogP) is 6.50. The SMILES string of the molecule is CCOc1cc(CNc2ccccc2C)cc(I)c1OCc1ccc(C)cc1. The molecule has 3 nitrogen and oxygen atoms in total. The number of nitrogens with one attached hydrogen (secondary N) is 1. The number of hydrogen-bond donors (Lipinski definition) is 1. The summed E-state index contributed by atoms with van der Waals surface area (Å²) < 4.78 is 13.1. The maximum atomic E-state index is 6.13. The topological polar surface area (TPSA) is 30.5 Å². The van der Waals surface area contributed by atoms with Crippen LogP contribution >= 0.6 is 22.6 Å². The molecule has 3 aromatic carbocycles. The van der Waals surface area contributed by atoms with E-state index in [4.69, 9.17) is 9.47 Å². The van der Waals surface area contributed by atoms with Gasteiger partial charge < -0.3 is 14.8 Å². The molecule has 0 aliphatic heterocycles. The summed E-state index contributed by atoms with van der Waals surface area (Å²) in [6, 6.07) is 20.9. The van der Waals surface area contributed by atoms with E-state index in [0.717, 1.165) is 32.9 Å². The summed E-state index contributed by atoms with van der Waals surface area (Å²) in [7, 11) is 0. The highest BCUT2D eigenvalue weighted by molar-refractivity contribution is 14.1. The Labute approximate surface area is 181 Å². The zero-order valence-corrected chi connectivity index (χ0v) is 18.7. The lowest BCUT2D eigenvalue weighted by atomic mass is 10.1. The summed E-state index contributed by atoms with van der Waals surface area (Å²) in [6.45, 7) is 8.06. The van der Waals surface area contributed by atoms with Crippen LogP contribution in [0.2, 0.25) is 0 Å². The first-order chi connectivity index (χ1) is 13.6. The van der Waals surface area contributed by atoms with Crippen LogP contribution in [-0.4, -0.2) is 6.61 Å². The molecule has 3 aromatic rings. The zero-order valence-electron chi connectivity index (χ0n) is 16.6. The van der Waals surface area contributed by atoms with Gasteiger partial charge in [0.15, 0.2) is 11.5 Å². The van der Waals surface area contributed by atoms with Crippen LogP contribution in [0.5, 0.6) is 11.5 Å². The smallest absolute Gasteiger partial charge is 0.174 e. The molecule has 0 saturated carbocycles. The molecule has 0 aromatic heterocycles. The zero-order chi connectivity index (χ0) is 19.9. The van der Waals surface area contributed by atoms with Gasteiger partial charge in [-0.2, -0.15) is 0 Å². The van der Waals surface area contributed by atoms with E-state index in [0.29, 0.717) is 13.2 Å². The molecule has 146 valence electrons. The van der Waals surface area contributed by atoms with E-state index < -0.39 is 0 Å². The lowest BCUT2D eigenvalue weighted by molar-refractivity contribution is 0.267.